The maximum absolute atomic E-state index is 13.2. The van der Waals surface area contributed by atoms with Crippen molar-refractivity contribution in [3.05, 3.63) is 101 Å². The van der Waals surface area contributed by atoms with Crippen LogP contribution in [0.1, 0.15) is 11.1 Å². The molecule has 2 nitrogen and oxygen atoms in total. The van der Waals surface area contributed by atoms with E-state index in [0.717, 1.165) is 31.6 Å². The highest BCUT2D eigenvalue weighted by molar-refractivity contribution is 9.10. The van der Waals surface area contributed by atoms with Crippen LogP contribution in [0.4, 0.5) is 0 Å². The van der Waals surface area contributed by atoms with Gasteiger partial charge in [-0.05, 0) is 45.3 Å². The second kappa shape index (κ2) is 6.95. The van der Waals surface area contributed by atoms with Gasteiger partial charge in [-0.2, -0.15) is 0 Å². The lowest BCUT2D eigenvalue weighted by Crippen LogP contribution is -2.07. The monoisotopic (exact) mass is 436 g/mol. The van der Waals surface area contributed by atoms with Crippen molar-refractivity contribution in [1.82, 2.24) is 0 Å². The highest BCUT2D eigenvalue weighted by Gasteiger charge is 2.22. The molecule has 0 bridgehead atoms. The molecule has 0 radical (unpaired) electrons. The number of benzene rings is 4. The van der Waals surface area contributed by atoms with Crippen molar-refractivity contribution in [3.63, 3.8) is 0 Å². The molecule has 0 saturated heterocycles. The van der Waals surface area contributed by atoms with Gasteiger partial charge in [0.1, 0.15) is 0 Å². The lowest BCUT2D eigenvalue weighted by atomic mass is 9.97. The summed E-state index contributed by atoms with van der Waals surface area (Å²) in [6.45, 7) is 4.01. The molecule has 0 saturated carbocycles. The van der Waals surface area contributed by atoms with E-state index in [4.69, 9.17) is 0 Å². The number of rotatable bonds is 4. The van der Waals surface area contributed by atoms with Gasteiger partial charge < -0.3 is 0 Å². The molecule has 0 aliphatic carbocycles. The van der Waals surface area contributed by atoms with Crippen LogP contribution in [0, 0.1) is 0 Å². The van der Waals surface area contributed by atoms with Crippen LogP contribution < -0.4 is 0 Å². The van der Waals surface area contributed by atoms with Crippen molar-refractivity contribution in [2.24, 2.45) is 0 Å². The second-order valence-corrected chi connectivity index (χ2v) is 9.43. The largest absolute Gasteiger partial charge is 0.223 e. The third-order valence-electron chi connectivity index (χ3n) is 4.70. The second-order valence-electron chi connectivity index (χ2n) is 6.50. The molecule has 134 valence electrons. The molecule has 0 heterocycles. The number of halogens is 1. The summed E-state index contributed by atoms with van der Waals surface area (Å²) in [5.41, 5.74) is 1.43. The summed E-state index contributed by atoms with van der Waals surface area (Å²) in [6, 6.07) is 25.1. The lowest BCUT2D eigenvalue weighted by molar-refractivity contribution is 0.605. The van der Waals surface area contributed by atoms with Gasteiger partial charge in [0, 0.05) is 10.0 Å². The minimum atomic E-state index is -3.57. The Morgan fingerprint density at radius 1 is 0.815 bits per heavy atom. The Balaban J connectivity index is 1.89. The van der Waals surface area contributed by atoms with Crippen molar-refractivity contribution in [1.29, 1.82) is 0 Å². The van der Waals surface area contributed by atoms with Gasteiger partial charge in [-0.3, -0.25) is 0 Å². The van der Waals surface area contributed by atoms with Crippen molar-refractivity contribution in [2.45, 2.75) is 5.75 Å². The quantitative estimate of drug-likeness (QED) is 0.349. The number of hydrogen-bond acceptors (Lipinski definition) is 2. The third kappa shape index (κ3) is 3.43. The Kier molecular flexibility index (Phi) is 4.62. The normalized spacial score (nSPS) is 11.7. The average molecular weight is 437 g/mol. The fraction of sp³-hybridized carbons (Fsp3) is 0.0435. The van der Waals surface area contributed by atoms with Gasteiger partial charge >= 0.3 is 0 Å². The fourth-order valence-electron chi connectivity index (χ4n) is 3.36. The van der Waals surface area contributed by atoms with Crippen LogP contribution in [-0.2, 0) is 15.6 Å². The summed E-state index contributed by atoms with van der Waals surface area (Å²) >= 11 is 3.38. The third-order valence-corrected chi connectivity index (χ3v) is 6.89. The van der Waals surface area contributed by atoms with E-state index < -0.39 is 9.84 Å². The number of hydrogen-bond donors (Lipinski definition) is 0. The molecule has 0 fully saturated rings. The summed E-state index contributed by atoms with van der Waals surface area (Å²) in [4.78, 5) is 0.165. The summed E-state index contributed by atoms with van der Waals surface area (Å²) in [5.74, 6) is -0.0728. The molecule has 0 unspecified atom stereocenters. The minimum Gasteiger partial charge on any atom is -0.223 e. The maximum atomic E-state index is 13.2. The molecule has 0 aliphatic rings. The van der Waals surface area contributed by atoms with Gasteiger partial charge in [0.25, 0.3) is 0 Å². The van der Waals surface area contributed by atoms with Crippen LogP contribution in [-0.4, -0.2) is 8.42 Å². The van der Waals surface area contributed by atoms with Crippen molar-refractivity contribution >= 4 is 52.2 Å². The average Bonchev–Trinajstić information content (AvgIpc) is 2.67. The van der Waals surface area contributed by atoms with Gasteiger partial charge in [0.2, 0.25) is 0 Å². The first-order valence-electron chi connectivity index (χ1n) is 8.53. The molecule has 0 aliphatic heterocycles. The highest BCUT2D eigenvalue weighted by Crippen LogP contribution is 2.36. The summed E-state index contributed by atoms with van der Waals surface area (Å²) < 4.78 is 27.2. The Hall–Kier alpha value is -2.43. The highest BCUT2D eigenvalue weighted by atomic mass is 79.9. The molecule has 27 heavy (non-hydrogen) atoms. The summed E-state index contributed by atoms with van der Waals surface area (Å²) in [7, 11) is -3.57. The van der Waals surface area contributed by atoms with Crippen molar-refractivity contribution in [2.75, 3.05) is 0 Å². The molecule has 4 rings (SSSR count). The first-order valence-corrected chi connectivity index (χ1v) is 11.0. The molecule has 4 heteroatoms. The first-order chi connectivity index (χ1) is 13.0. The predicted molar refractivity (Wildman–Crippen MR) is 117 cm³/mol. The van der Waals surface area contributed by atoms with Crippen LogP contribution in [0.15, 0.2) is 89.9 Å². The first kappa shape index (κ1) is 18.0. The molecule has 0 atom stereocenters. The van der Waals surface area contributed by atoms with E-state index in [0.29, 0.717) is 5.56 Å². The Morgan fingerprint density at radius 3 is 1.89 bits per heavy atom. The molecule has 0 spiro atoms. The number of sulfone groups is 1. The van der Waals surface area contributed by atoms with E-state index in [-0.39, 0.29) is 10.7 Å². The molecule has 0 aromatic heterocycles. The molecule has 4 aromatic carbocycles. The minimum absolute atomic E-state index is 0.0728. The van der Waals surface area contributed by atoms with Crippen LogP contribution in [0.25, 0.3) is 26.5 Å². The molecule has 0 amide bonds. The van der Waals surface area contributed by atoms with E-state index in [1.165, 1.54) is 0 Å². The SMILES string of the molecule is C=C(c1c2ccccc2cc2ccccc12)S(=O)(=O)Cc1ccc(Br)cc1. The zero-order valence-electron chi connectivity index (χ0n) is 14.5. The predicted octanol–water partition coefficient (Wildman–Crippen LogP) is 6.34. The zero-order chi connectivity index (χ0) is 19.0. The van der Waals surface area contributed by atoms with E-state index in [1.807, 2.05) is 72.8 Å². The van der Waals surface area contributed by atoms with Crippen molar-refractivity contribution < 1.29 is 8.42 Å². The molecular formula is C23H17BrO2S. The Morgan fingerprint density at radius 2 is 1.33 bits per heavy atom. The smallest absolute Gasteiger partial charge is 0.182 e. The fourth-order valence-corrected chi connectivity index (χ4v) is 4.96. The van der Waals surface area contributed by atoms with E-state index in [9.17, 15) is 8.42 Å². The van der Waals surface area contributed by atoms with Gasteiger partial charge in [0.05, 0.1) is 10.7 Å². The van der Waals surface area contributed by atoms with Gasteiger partial charge in [-0.25, -0.2) is 8.42 Å². The Bertz CT molecular complexity index is 1220. The van der Waals surface area contributed by atoms with E-state index in [2.05, 4.69) is 28.6 Å². The zero-order valence-corrected chi connectivity index (χ0v) is 16.9. The van der Waals surface area contributed by atoms with Gasteiger partial charge in [0.15, 0.2) is 9.84 Å². The van der Waals surface area contributed by atoms with Gasteiger partial charge in [-0.1, -0.05) is 83.2 Å². The van der Waals surface area contributed by atoms with E-state index in [1.54, 1.807) is 0 Å². The summed E-state index contributed by atoms with van der Waals surface area (Å²) in [5, 5.41) is 3.82. The van der Waals surface area contributed by atoms with Crippen LogP contribution >= 0.6 is 15.9 Å². The summed E-state index contributed by atoms with van der Waals surface area (Å²) in [6.07, 6.45) is 0. The van der Waals surface area contributed by atoms with Crippen LogP contribution in [0.5, 0.6) is 0 Å². The van der Waals surface area contributed by atoms with Crippen LogP contribution in [0.3, 0.4) is 0 Å². The standard InChI is InChI=1S/C23H17BrO2S/c1-16(27(25,26)15-17-10-12-20(24)13-11-17)23-21-8-4-2-6-18(21)14-19-7-3-5-9-22(19)23/h2-14H,1,15H2. The number of fused-ring (bicyclic) bond motifs is 2. The van der Waals surface area contributed by atoms with Gasteiger partial charge in [-0.15, -0.1) is 0 Å². The van der Waals surface area contributed by atoms with Crippen molar-refractivity contribution in [3.8, 4) is 0 Å². The molecular weight excluding hydrogens is 420 g/mol. The van der Waals surface area contributed by atoms with Crippen LogP contribution in [0.2, 0.25) is 0 Å². The molecule has 0 N–H and O–H groups in total. The molecule has 4 aromatic rings. The topological polar surface area (TPSA) is 34.1 Å². The maximum Gasteiger partial charge on any atom is 0.182 e. The lowest BCUT2D eigenvalue weighted by Gasteiger charge is -2.14. The Labute approximate surface area is 167 Å². The van der Waals surface area contributed by atoms with E-state index >= 15 is 0 Å².